The Hall–Kier alpha value is -2.32. The third-order valence-electron chi connectivity index (χ3n) is 4.06. The lowest BCUT2D eigenvalue weighted by molar-refractivity contribution is 0.414. The Bertz CT molecular complexity index is 818. The number of aromatic nitrogens is 1. The summed E-state index contributed by atoms with van der Waals surface area (Å²) in [5.41, 5.74) is 1.08. The number of ether oxygens (including phenoxy) is 1. The molecule has 3 rings (SSSR count). The van der Waals surface area contributed by atoms with Gasteiger partial charge in [0.25, 0.3) is 0 Å². The number of benzene rings is 1. The van der Waals surface area contributed by atoms with E-state index >= 15 is 0 Å². The average molecular weight is 348 g/mol. The number of piperazine rings is 1. The molecule has 1 aromatic carbocycles. The third kappa shape index (κ3) is 3.44. The summed E-state index contributed by atoms with van der Waals surface area (Å²) in [5, 5.41) is 5.30. The first-order chi connectivity index (χ1) is 11.5. The highest BCUT2D eigenvalue weighted by Gasteiger charge is 2.24. The van der Waals surface area contributed by atoms with E-state index in [1.54, 1.807) is 19.4 Å². The average Bonchev–Trinajstić information content (AvgIpc) is 2.61. The van der Waals surface area contributed by atoms with Crippen molar-refractivity contribution < 1.29 is 13.2 Å². The minimum atomic E-state index is -3.79. The molecule has 1 aliphatic heterocycles. The van der Waals surface area contributed by atoms with Crippen molar-refractivity contribution in [2.24, 2.45) is 5.14 Å². The van der Waals surface area contributed by atoms with Crippen LogP contribution in [0.25, 0.3) is 0 Å². The van der Waals surface area contributed by atoms with E-state index in [1.165, 1.54) is 6.07 Å². The molecule has 7 nitrogen and oxygen atoms in total. The van der Waals surface area contributed by atoms with Crippen molar-refractivity contribution in [3.8, 4) is 5.75 Å². The quantitative estimate of drug-likeness (QED) is 0.889. The van der Waals surface area contributed by atoms with Gasteiger partial charge in [-0.3, -0.25) is 0 Å². The molecule has 1 fully saturated rings. The van der Waals surface area contributed by atoms with Crippen molar-refractivity contribution in [1.82, 2.24) is 4.98 Å². The normalized spacial score (nSPS) is 15.4. The Morgan fingerprint density at radius 1 is 1.08 bits per heavy atom. The molecule has 24 heavy (non-hydrogen) atoms. The van der Waals surface area contributed by atoms with Crippen molar-refractivity contribution in [2.75, 3.05) is 43.1 Å². The predicted molar refractivity (Wildman–Crippen MR) is 93.0 cm³/mol. The zero-order valence-electron chi connectivity index (χ0n) is 13.4. The number of hydrogen-bond donors (Lipinski definition) is 1. The van der Waals surface area contributed by atoms with Gasteiger partial charge in [-0.25, -0.2) is 18.5 Å². The van der Waals surface area contributed by atoms with Crippen LogP contribution >= 0.6 is 0 Å². The molecular formula is C16H20N4O3S. The highest BCUT2D eigenvalue weighted by Crippen LogP contribution is 2.25. The molecule has 1 saturated heterocycles. The Labute approximate surface area is 141 Å². The number of sulfonamides is 1. The Morgan fingerprint density at radius 2 is 1.79 bits per heavy atom. The topological polar surface area (TPSA) is 88.8 Å². The zero-order valence-corrected chi connectivity index (χ0v) is 14.2. The lowest BCUT2D eigenvalue weighted by atomic mass is 10.2. The molecule has 1 aromatic heterocycles. The van der Waals surface area contributed by atoms with Gasteiger partial charge in [0, 0.05) is 44.1 Å². The largest absolute Gasteiger partial charge is 0.497 e. The van der Waals surface area contributed by atoms with E-state index in [-0.39, 0.29) is 4.90 Å². The van der Waals surface area contributed by atoms with E-state index in [4.69, 9.17) is 9.88 Å². The van der Waals surface area contributed by atoms with Crippen LogP contribution in [0.5, 0.6) is 5.75 Å². The molecule has 0 radical (unpaired) electrons. The van der Waals surface area contributed by atoms with Gasteiger partial charge in [-0.05, 0) is 24.3 Å². The van der Waals surface area contributed by atoms with Gasteiger partial charge in [-0.2, -0.15) is 0 Å². The van der Waals surface area contributed by atoms with E-state index < -0.39 is 10.0 Å². The van der Waals surface area contributed by atoms with Gasteiger partial charge in [0.15, 0.2) is 0 Å². The van der Waals surface area contributed by atoms with E-state index in [0.29, 0.717) is 18.9 Å². The number of anilines is 2. The van der Waals surface area contributed by atoms with E-state index in [9.17, 15) is 8.42 Å². The maximum absolute atomic E-state index is 11.7. The summed E-state index contributed by atoms with van der Waals surface area (Å²) >= 11 is 0. The van der Waals surface area contributed by atoms with Crippen LogP contribution in [0.4, 0.5) is 11.5 Å². The van der Waals surface area contributed by atoms with Crippen molar-refractivity contribution in [3.05, 3.63) is 42.6 Å². The van der Waals surface area contributed by atoms with Crippen LogP contribution in [0.3, 0.4) is 0 Å². The number of primary sulfonamides is 1. The van der Waals surface area contributed by atoms with Crippen molar-refractivity contribution in [1.29, 1.82) is 0 Å². The third-order valence-corrected chi connectivity index (χ3v) is 4.99. The van der Waals surface area contributed by atoms with Crippen molar-refractivity contribution >= 4 is 21.5 Å². The predicted octanol–water partition coefficient (Wildman–Crippen LogP) is 1.06. The van der Waals surface area contributed by atoms with Gasteiger partial charge in [0.05, 0.1) is 7.11 Å². The molecule has 0 atom stereocenters. The molecule has 0 unspecified atom stereocenters. The second kappa shape index (κ2) is 6.66. The fourth-order valence-corrected chi connectivity index (χ4v) is 3.53. The van der Waals surface area contributed by atoms with Crippen LogP contribution < -0.4 is 19.7 Å². The summed E-state index contributed by atoms with van der Waals surface area (Å²) < 4.78 is 28.7. The lowest BCUT2D eigenvalue weighted by Crippen LogP contribution is -2.47. The highest BCUT2D eigenvalue weighted by molar-refractivity contribution is 7.89. The maximum atomic E-state index is 11.7. The SMILES string of the molecule is COc1cccc(N2CCN(c3ncccc3S(N)(=O)=O)CC2)c1. The molecule has 2 heterocycles. The summed E-state index contributed by atoms with van der Waals surface area (Å²) in [7, 11) is -2.15. The van der Waals surface area contributed by atoms with Crippen LogP contribution in [-0.2, 0) is 10.0 Å². The monoisotopic (exact) mass is 348 g/mol. The highest BCUT2D eigenvalue weighted by atomic mass is 32.2. The minimum Gasteiger partial charge on any atom is -0.497 e. The summed E-state index contributed by atoms with van der Waals surface area (Å²) in [6, 6.07) is 11.0. The molecule has 128 valence electrons. The Morgan fingerprint density at radius 3 is 2.46 bits per heavy atom. The molecule has 0 amide bonds. The number of methoxy groups -OCH3 is 1. The first-order valence-electron chi connectivity index (χ1n) is 7.61. The van der Waals surface area contributed by atoms with Crippen LogP contribution in [-0.4, -0.2) is 46.7 Å². The molecular weight excluding hydrogens is 328 g/mol. The number of nitrogens with zero attached hydrogens (tertiary/aromatic N) is 3. The summed E-state index contributed by atoms with van der Waals surface area (Å²) in [4.78, 5) is 8.48. The first kappa shape index (κ1) is 16.5. The number of pyridine rings is 1. The fourth-order valence-electron chi connectivity index (χ4n) is 2.83. The van der Waals surface area contributed by atoms with Gasteiger partial charge < -0.3 is 14.5 Å². The molecule has 2 aromatic rings. The number of nitrogens with two attached hydrogens (primary N) is 1. The van der Waals surface area contributed by atoms with Crippen molar-refractivity contribution in [3.63, 3.8) is 0 Å². The smallest absolute Gasteiger partial charge is 0.241 e. The summed E-state index contributed by atoms with van der Waals surface area (Å²) in [6.45, 7) is 2.84. The van der Waals surface area contributed by atoms with E-state index in [1.807, 2.05) is 29.2 Å². The van der Waals surface area contributed by atoms with Crippen LogP contribution in [0.2, 0.25) is 0 Å². The molecule has 0 spiro atoms. The van der Waals surface area contributed by atoms with Crippen molar-refractivity contribution in [2.45, 2.75) is 4.90 Å². The molecule has 8 heteroatoms. The molecule has 1 aliphatic rings. The maximum Gasteiger partial charge on any atom is 0.241 e. The van der Waals surface area contributed by atoms with Gasteiger partial charge in [-0.1, -0.05) is 6.07 Å². The minimum absolute atomic E-state index is 0.0693. The van der Waals surface area contributed by atoms with Crippen LogP contribution in [0.15, 0.2) is 47.5 Å². The second-order valence-electron chi connectivity index (χ2n) is 5.55. The standard InChI is InChI=1S/C16H20N4O3S/c1-23-14-5-2-4-13(12-14)19-8-10-20(11-9-19)16-15(24(17,21)22)6-3-7-18-16/h2-7,12H,8-11H2,1H3,(H2,17,21,22). The molecule has 0 bridgehead atoms. The lowest BCUT2D eigenvalue weighted by Gasteiger charge is -2.37. The van der Waals surface area contributed by atoms with Gasteiger partial charge >= 0.3 is 0 Å². The summed E-state index contributed by atoms with van der Waals surface area (Å²) in [5.74, 6) is 1.24. The van der Waals surface area contributed by atoms with Gasteiger partial charge in [-0.15, -0.1) is 0 Å². The number of hydrogen-bond acceptors (Lipinski definition) is 6. The van der Waals surface area contributed by atoms with Gasteiger partial charge in [0.1, 0.15) is 16.5 Å². The first-order valence-corrected chi connectivity index (χ1v) is 9.15. The van der Waals surface area contributed by atoms with E-state index in [0.717, 1.165) is 24.5 Å². The van der Waals surface area contributed by atoms with E-state index in [2.05, 4.69) is 9.88 Å². The number of rotatable bonds is 4. The molecule has 0 saturated carbocycles. The van der Waals surface area contributed by atoms with Gasteiger partial charge in [0.2, 0.25) is 10.0 Å². The second-order valence-corrected chi connectivity index (χ2v) is 7.08. The fraction of sp³-hybridized carbons (Fsp3) is 0.312. The Balaban J connectivity index is 1.76. The zero-order chi connectivity index (χ0) is 17.2. The molecule has 2 N–H and O–H groups in total. The summed E-state index contributed by atoms with van der Waals surface area (Å²) in [6.07, 6.45) is 1.58. The Kier molecular flexibility index (Phi) is 4.59. The van der Waals surface area contributed by atoms with Crippen LogP contribution in [0.1, 0.15) is 0 Å². The molecule has 0 aliphatic carbocycles. The van der Waals surface area contributed by atoms with Crippen LogP contribution in [0, 0.1) is 0 Å².